The molecule has 1 aliphatic heterocycles. The molecule has 2 unspecified atom stereocenters. The van der Waals surface area contributed by atoms with Gasteiger partial charge in [0.1, 0.15) is 0 Å². The van der Waals surface area contributed by atoms with Crippen LogP contribution in [0.4, 0.5) is 0 Å². The summed E-state index contributed by atoms with van der Waals surface area (Å²) in [5.74, 6) is 4.26. The lowest BCUT2D eigenvalue weighted by Crippen LogP contribution is -2.49. The molecule has 2 rings (SSSR count). The third-order valence-electron chi connectivity index (χ3n) is 3.98. The molecule has 122 valence electrons. The van der Waals surface area contributed by atoms with E-state index in [-0.39, 0.29) is 24.0 Å². The molecule has 0 aliphatic carbocycles. The molecule has 0 radical (unpaired) electrons. The summed E-state index contributed by atoms with van der Waals surface area (Å²) >= 11 is 0. The third kappa shape index (κ3) is 4.90. The maximum atomic E-state index is 5.31. The van der Waals surface area contributed by atoms with Crippen LogP contribution in [0, 0.1) is 18.3 Å². The van der Waals surface area contributed by atoms with E-state index in [4.69, 9.17) is 6.42 Å². The van der Waals surface area contributed by atoms with Crippen LogP contribution >= 0.6 is 24.0 Å². The second-order valence-electron chi connectivity index (χ2n) is 5.48. The first-order valence-corrected chi connectivity index (χ1v) is 7.70. The van der Waals surface area contributed by atoms with Gasteiger partial charge in [0.25, 0.3) is 0 Å². The summed E-state index contributed by atoms with van der Waals surface area (Å²) in [4.78, 5) is 11.1. The molecule has 0 amide bonds. The zero-order valence-electron chi connectivity index (χ0n) is 13.4. The number of terminal acetylenes is 1. The summed E-state index contributed by atoms with van der Waals surface area (Å²) in [6.07, 6.45) is 13.0. The lowest BCUT2D eigenvalue weighted by molar-refractivity contribution is 0.189. The Morgan fingerprint density at radius 1 is 1.55 bits per heavy atom. The van der Waals surface area contributed by atoms with E-state index in [2.05, 4.69) is 44.5 Å². The van der Waals surface area contributed by atoms with Gasteiger partial charge in [-0.3, -0.25) is 4.99 Å². The van der Waals surface area contributed by atoms with Crippen molar-refractivity contribution in [1.29, 1.82) is 0 Å². The second kappa shape index (κ2) is 9.72. The van der Waals surface area contributed by atoms with Gasteiger partial charge in [0.15, 0.2) is 5.96 Å². The number of likely N-dealkylation sites (tertiary alicyclic amines) is 1. The van der Waals surface area contributed by atoms with E-state index in [0.717, 1.165) is 32.0 Å². The molecule has 1 aromatic heterocycles. The van der Waals surface area contributed by atoms with Crippen molar-refractivity contribution in [2.75, 3.05) is 26.2 Å². The molecule has 2 heterocycles. The highest BCUT2D eigenvalue weighted by atomic mass is 127. The fraction of sp³-hybridized carbons (Fsp3) is 0.625. The fourth-order valence-electron chi connectivity index (χ4n) is 2.75. The van der Waals surface area contributed by atoms with Gasteiger partial charge >= 0.3 is 0 Å². The number of hydrogen-bond acceptors (Lipinski definition) is 2. The summed E-state index contributed by atoms with van der Waals surface area (Å²) < 4.78 is 2.21. The lowest BCUT2D eigenvalue weighted by atomic mass is 9.93. The predicted molar refractivity (Wildman–Crippen MR) is 101 cm³/mol. The van der Waals surface area contributed by atoms with Crippen molar-refractivity contribution in [3.8, 4) is 12.3 Å². The molecule has 0 spiro atoms. The molecule has 6 heteroatoms. The average molecular weight is 415 g/mol. The normalized spacial score (nSPS) is 21.9. The zero-order chi connectivity index (χ0) is 15.1. The number of nitrogens with one attached hydrogen (secondary N) is 1. The number of nitrogens with zero attached hydrogens (tertiary/aromatic N) is 4. The van der Waals surface area contributed by atoms with Crippen molar-refractivity contribution in [3.63, 3.8) is 0 Å². The van der Waals surface area contributed by atoms with E-state index >= 15 is 0 Å². The van der Waals surface area contributed by atoms with Gasteiger partial charge in [-0.25, -0.2) is 4.98 Å². The van der Waals surface area contributed by atoms with E-state index in [1.54, 1.807) is 0 Å². The Morgan fingerprint density at radius 3 is 3.00 bits per heavy atom. The first-order chi connectivity index (χ1) is 10.3. The van der Waals surface area contributed by atoms with Crippen LogP contribution in [-0.2, 0) is 0 Å². The highest BCUT2D eigenvalue weighted by Gasteiger charge is 2.28. The first kappa shape index (κ1) is 18.8. The zero-order valence-corrected chi connectivity index (χ0v) is 15.7. The molecule has 1 aromatic rings. The molecule has 1 N–H and O–H groups in total. The first-order valence-electron chi connectivity index (χ1n) is 7.70. The highest BCUT2D eigenvalue weighted by Crippen LogP contribution is 2.27. The van der Waals surface area contributed by atoms with Crippen molar-refractivity contribution < 1.29 is 0 Å². The van der Waals surface area contributed by atoms with Crippen molar-refractivity contribution in [3.05, 3.63) is 18.7 Å². The van der Waals surface area contributed by atoms with Gasteiger partial charge in [-0.05, 0) is 19.3 Å². The van der Waals surface area contributed by atoms with Crippen molar-refractivity contribution in [2.24, 2.45) is 10.9 Å². The molecule has 0 bridgehead atoms. The molecular formula is C16H26IN5. The summed E-state index contributed by atoms with van der Waals surface area (Å²) in [5, 5.41) is 3.37. The van der Waals surface area contributed by atoms with Crippen LogP contribution < -0.4 is 5.32 Å². The molecule has 2 atom stereocenters. The van der Waals surface area contributed by atoms with Crippen LogP contribution in [0.1, 0.15) is 32.7 Å². The van der Waals surface area contributed by atoms with Gasteiger partial charge in [-0.1, -0.05) is 6.92 Å². The largest absolute Gasteiger partial charge is 0.357 e. The summed E-state index contributed by atoms with van der Waals surface area (Å²) in [5.41, 5.74) is 0. The van der Waals surface area contributed by atoms with E-state index in [0.29, 0.717) is 24.9 Å². The van der Waals surface area contributed by atoms with Crippen molar-refractivity contribution >= 4 is 29.9 Å². The quantitative estimate of drug-likeness (QED) is 0.270. The number of halogens is 1. The minimum atomic E-state index is 0. The molecule has 5 nitrogen and oxygen atoms in total. The minimum absolute atomic E-state index is 0. The summed E-state index contributed by atoms with van der Waals surface area (Å²) in [6, 6.07) is 0.442. The average Bonchev–Trinajstić information content (AvgIpc) is 3.01. The van der Waals surface area contributed by atoms with E-state index in [1.807, 2.05) is 18.7 Å². The standard InChI is InChI=1S/C16H25N5.HI/c1-4-6-8-19-16(18-5-2)20-10-7-14(3)15(12-20)21-11-9-17-13-21;/h1,9,11,13-15H,5-8,10,12H2,2-3H3,(H,18,19);1H. The monoisotopic (exact) mass is 415 g/mol. The van der Waals surface area contributed by atoms with Gasteiger partial charge in [-0.2, -0.15) is 0 Å². The molecule has 22 heavy (non-hydrogen) atoms. The van der Waals surface area contributed by atoms with Crippen LogP contribution in [0.15, 0.2) is 23.7 Å². The SMILES string of the molecule is C#CCCN=C(NCC)N1CCC(C)C(n2ccnc2)C1.I. The summed E-state index contributed by atoms with van der Waals surface area (Å²) in [7, 11) is 0. The maximum Gasteiger partial charge on any atom is 0.194 e. The Balaban J connectivity index is 0.00000242. The van der Waals surface area contributed by atoms with E-state index in [1.165, 1.54) is 0 Å². The number of rotatable bonds is 4. The van der Waals surface area contributed by atoms with E-state index < -0.39 is 0 Å². The molecular weight excluding hydrogens is 389 g/mol. The Kier molecular flexibility index (Phi) is 8.31. The second-order valence-corrected chi connectivity index (χ2v) is 5.48. The predicted octanol–water partition coefficient (Wildman–Crippen LogP) is 2.37. The minimum Gasteiger partial charge on any atom is -0.357 e. The molecule has 0 saturated carbocycles. The Hall–Kier alpha value is -1.23. The Morgan fingerprint density at radius 2 is 2.36 bits per heavy atom. The molecule has 1 aliphatic rings. The van der Waals surface area contributed by atoms with Crippen LogP contribution in [0.3, 0.4) is 0 Å². The highest BCUT2D eigenvalue weighted by molar-refractivity contribution is 14.0. The Bertz CT molecular complexity index is 491. The van der Waals surface area contributed by atoms with Gasteiger partial charge in [0.2, 0.25) is 0 Å². The van der Waals surface area contributed by atoms with Crippen molar-refractivity contribution in [1.82, 2.24) is 19.8 Å². The topological polar surface area (TPSA) is 45.5 Å². The van der Waals surface area contributed by atoms with Gasteiger partial charge in [0.05, 0.1) is 18.9 Å². The van der Waals surface area contributed by atoms with Crippen LogP contribution in [-0.4, -0.2) is 46.6 Å². The third-order valence-corrected chi connectivity index (χ3v) is 3.98. The maximum absolute atomic E-state index is 5.31. The number of aromatic nitrogens is 2. The lowest BCUT2D eigenvalue weighted by Gasteiger charge is -2.39. The van der Waals surface area contributed by atoms with Crippen LogP contribution in [0.25, 0.3) is 0 Å². The molecule has 1 fully saturated rings. The number of imidazole rings is 1. The fourth-order valence-corrected chi connectivity index (χ4v) is 2.75. The van der Waals surface area contributed by atoms with Crippen molar-refractivity contribution in [2.45, 2.75) is 32.7 Å². The van der Waals surface area contributed by atoms with E-state index in [9.17, 15) is 0 Å². The number of guanidine groups is 1. The molecule has 1 saturated heterocycles. The van der Waals surface area contributed by atoms with Gasteiger partial charge in [-0.15, -0.1) is 36.3 Å². The number of aliphatic imine (C=N–C) groups is 1. The summed E-state index contributed by atoms with van der Waals surface area (Å²) in [6.45, 7) is 7.95. The number of piperidine rings is 1. The molecule has 0 aromatic carbocycles. The van der Waals surface area contributed by atoms with Gasteiger partial charge in [0, 0.05) is 38.4 Å². The Labute approximate surface area is 150 Å². The van der Waals surface area contributed by atoms with Crippen LogP contribution in [0.5, 0.6) is 0 Å². The smallest absolute Gasteiger partial charge is 0.194 e. The van der Waals surface area contributed by atoms with Gasteiger partial charge < -0.3 is 14.8 Å². The van der Waals surface area contributed by atoms with Crippen LogP contribution in [0.2, 0.25) is 0 Å². The number of hydrogen-bond donors (Lipinski definition) is 1.